The Balaban J connectivity index is 3.38. The van der Waals surface area contributed by atoms with Crippen LogP contribution in [0.25, 0.3) is 0 Å². The molecule has 230 valence electrons. The van der Waals surface area contributed by atoms with Crippen LogP contribution in [0.1, 0.15) is 174 Å². The number of aliphatic hydroxyl groups is 1. The summed E-state index contributed by atoms with van der Waals surface area (Å²) in [6.07, 6.45) is 33.7. The highest BCUT2D eigenvalue weighted by atomic mass is 16.6. The number of unbranched alkanes of at least 4 members (excludes halogenated alkanes) is 20. The number of allylic oxidation sites excluding steroid dienone is 2. The summed E-state index contributed by atoms with van der Waals surface area (Å²) in [7, 11) is 0. The van der Waals surface area contributed by atoms with Gasteiger partial charge < -0.3 is 14.6 Å². The van der Waals surface area contributed by atoms with E-state index < -0.39 is 6.10 Å². The van der Waals surface area contributed by atoms with Crippen molar-refractivity contribution in [3.8, 4) is 0 Å². The van der Waals surface area contributed by atoms with Crippen LogP contribution in [0.5, 0.6) is 0 Å². The SMILES string of the molecule is CCCCCCCCCC/C=C\CCCCCCCCCCCCCC(=O)OC(CO)COC(=O)CCCC. The van der Waals surface area contributed by atoms with Gasteiger partial charge in [-0.2, -0.15) is 0 Å². The molecule has 0 bridgehead atoms. The van der Waals surface area contributed by atoms with Crippen LogP contribution in [0, 0.1) is 0 Å². The van der Waals surface area contributed by atoms with E-state index in [9.17, 15) is 14.7 Å². The summed E-state index contributed by atoms with van der Waals surface area (Å²) in [5.41, 5.74) is 0. The molecule has 1 N–H and O–H groups in total. The Morgan fingerprint density at radius 1 is 0.564 bits per heavy atom. The van der Waals surface area contributed by atoms with Crippen molar-refractivity contribution in [2.24, 2.45) is 0 Å². The zero-order chi connectivity index (χ0) is 28.7. The van der Waals surface area contributed by atoms with Gasteiger partial charge in [-0.15, -0.1) is 0 Å². The summed E-state index contributed by atoms with van der Waals surface area (Å²) in [5, 5.41) is 9.35. The van der Waals surface area contributed by atoms with E-state index in [1.807, 2.05) is 6.92 Å². The zero-order valence-electron chi connectivity index (χ0n) is 25.9. The molecule has 0 amide bonds. The molecule has 39 heavy (non-hydrogen) atoms. The lowest BCUT2D eigenvalue weighted by molar-refractivity contribution is -0.161. The van der Waals surface area contributed by atoms with Crippen LogP contribution in [0.15, 0.2) is 12.2 Å². The molecule has 0 aliphatic carbocycles. The average Bonchev–Trinajstić information content (AvgIpc) is 2.94. The Hall–Kier alpha value is -1.36. The second-order valence-corrected chi connectivity index (χ2v) is 11.2. The molecule has 0 aromatic heterocycles. The summed E-state index contributed by atoms with van der Waals surface area (Å²) in [5.74, 6) is -0.628. The van der Waals surface area contributed by atoms with E-state index in [-0.39, 0.29) is 25.2 Å². The number of hydrogen-bond acceptors (Lipinski definition) is 5. The molecule has 0 saturated heterocycles. The van der Waals surface area contributed by atoms with Crippen molar-refractivity contribution < 1.29 is 24.2 Å². The van der Waals surface area contributed by atoms with E-state index in [1.165, 1.54) is 116 Å². The fourth-order valence-corrected chi connectivity index (χ4v) is 4.70. The van der Waals surface area contributed by atoms with Crippen molar-refractivity contribution in [3.63, 3.8) is 0 Å². The third kappa shape index (κ3) is 29.4. The molecule has 1 atom stereocenters. The Kier molecular flexibility index (Phi) is 30.1. The molecule has 0 spiro atoms. The van der Waals surface area contributed by atoms with Gasteiger partial charge in [0, 0.05) is 12.8 Å². The fourth-order valence-electron chi connectivity index (χ4n) is 4.70. The van der Waals surface area contributed by atoms with Crippen LogP contribution < -0.4 is 0 Å². The van der Waals surface area contributed by atoms with Gasteiger partial charge in [0.2, 0.25) is 0 Å². The second-order valence-electron chi connectivity index (χ2n) is 11.2. The first-order valence-corrected chi connectivity index (χ1v) is 16.7. The predicted molar refractivity (Wildman–Crippen MR) is 164 cm³/mol. The highest BCUT2D eigenvalue weighted by Gasteiger charge is 2.15. The van der Waals surface area contributed by atoms with Gasteiger partial charge in [0.1, 0.15) is 6.61 Å². The molecule has 5 nitrogen and oxygen atoms in total. The monoisotopic (exact) mass is 552 g/mol. The van der Waals surface area contributed by atoms with Crippen LogP contribution in [0.3, 0.4) is 0 Å². The number of ether oxygens (including phenoxy) is 2. The van der Waals surface area contributed by atoms with Gasteiger partial charge in [-0.3, -0.25) is 9.59 Å². The molecular formula is C34H64O5. The van der Waals surface area contributed by atoms with Gasteiger partial charge in [-0.25, -0.2) is 0 Å². The van der Waals surface area contributed by atoms with Crippen LogP contribution in [-0.4, -0.2) is 36.4 Å². The first-order valence-electron chi connectivity index (χ1n) is 16.7. The van der Waals surface area contributed by atoms with Crippen molar-refractivity contribution >= 4 is 11.9 Å². The molecule has 0 radical (unpaired) electrons. The van der Waals surface area contributed by atoms with E-state index in [1.54, 1.807) is 0 Å². The Bertz CT molecular complexity index is 560. The third-order valence-electron chi connectivity index (χ3n) is 7.31. The first kappa shape index (κ1) is 37.6. The van der Waals surface area contributed by atoms with E-state index >= 15 is 0 Å². The summed E-state index contributed by atoms with van der Waals surface area (Å²) in [6, 6.07) is 0. The summed E-state index contributed by atoms with van der Waals surface area (Å²) in [6.45, 7) is 3.89. The van der Waals surface area contributed by atoms with E-state index in [0.29, 0.717) is 12.8 Å². The number of hydrogen-bond donors (Lipinski definition) is 1. The molecular weight excluding hydrogens is 488 g/mol. The van der Waals surface area contributed by atoms with Crippen molar-refractivity contribution in [1.29, 1.82) is 0 Å². The minimum Gasteiger partial charge on any atom is -0.462 e. The maximum absolute atomic E-state index is 12.0. The lowest BCUT2D eigenvalue weighted by Crippen LogP contribution is -2.28. The van der Waals surface area contributed by atoms with Gasteiger partial charge in [-0.05, 0) is 38.5 Å². The molecule has 0 aromatic carbocycles. The van der Waals surface area contributed by atoms with Crippen molar-refractivity contribution in [2.75, 3.05) is 13.2 Å². The smallest absolute Gasteiger partial charge is 0.306 e. The molecule has 0 heterocycles. The number of rotatable bonds is 30. The molecule has 0 saturated carbocycles. The van der Waals surface area contributed by atoms with Crippen LogP contribution in [-0.2, 0) is 19.1 Å². The average molecular weight is 553 g/mol. The molecule has 1 unspecified atom stereocenters. The van der Waals surface area contributed by atoms with Crippen molar-refractivity contribution in [3.05, 3.63) is 12.2 Å². The van der Waals surface area contributed by atoms with Gasteiger partial charge in [-0.1, -0.05) is 135 Å². The lowest BCUT2D eigenvalue weighted by Gasteiger charge is -2.15. The highest BCUT2D eigenvalue weighted by Crippen LogP contribution is 2.14. The topological polar surface area (TPSA) is 72.8 Å². The lowest BCUT2D eigenvalue weighted by atomic mass is 10.0. The maximum Gasteiger partial charge on any atom is 0.306 e. The van der Waals surface area contributed by atoms with E-state index in [2.05, 4.69) is 19.1 Å². The second kappa shape index (κ2) is 31.2. The maximum atomic E-state index is 12.0. The number of carbonyl (C=O) groups is 2. The summed E-state index contributed by atoms with van der Waals surface area (Å²) < 4.78 is 10.3. The number of aliphatic hydroxyl groups excluding tert-OH is 1. The normalized spacial score (nSPS) is 12.2. The summed E-state index contributed by atoms with van der Waals surface area (Å²) in [4.78, 5) is 23.5. The van der Waals surface area contributed by atoms with Crippen molar-refractivity contribution in [1.82, 2.24) is 0 Å². The first-order chi connectivity index (χ1) is 19.1. The van der Waals surface area contributed by atoms with Gasteiger partial charge in [0.05, 0.1) is 6.61 Å². The fraction of sp³-hybridized carbons (Fsp3) is 0.882. The van der Waals surface area contributed by atoms with Gasteiger partial charge >= 0.3 is 11.9 Å². The van der Waals surface area contributed by atoms with Gasteiger partial charge in [0.25, 0.3) is 0 Å². The van der Waals surface area contributed by atoms with Crippen molar-refractivity contribution in [2.45, 2.75) is 180 Å². The van der Waals surface area contributed by atoms with Crippen LogP contribution in [0.2, 0.25) is 0 Å². The third-order valence-corrected chi connectivity index (χ3v) is 7.31. The van der Waals surface area contributed by atoms with E-state index in [0.717, 1.165) is 32.1 Å². The minimum absolute atomic E-state index is 0.0682. The standard InChI is InChI=1S/C34H64O5/c1-3-5-7-8-9-10-11-12-13-14-15-16-17-18-19-20-21-22-23-24-25-26-27-29-34(37)39-32(30-35)31-38-33(36)28-6-4-2/h14-15,32,35H,3-13,16-31H2,1-2H3/b15-14-. The molecule has 0 fully saturated rings. The molecule has 0 rings (SSSR count). The Morgan fingerprint density at radius 3 is 1.44 bits per heavy atom. The zero-order valence-corrected chi connectivity index (χ0v) is 25.9. The molecule has 0 aliphatic rings. The molecule has 0 aromatic rings. The largest absolute Gasteiger partial charge is 0.462 e. The molecule has 5 heteroatoms. The minimum atomic E-state index is -0.760. The quantitative estimate of drug-likeness (QED) is 0.0545. The van der Waals surface area contributed by atoms with Crippen LogP contribution >= 0.6 is 0 Å². The highest BCUT2D eigenvalue weighted by molar-refractivity contribution is 5.70. The summed E-state index contributed by atoms with van der Waals surface area (Å²) >= 11 is 0. The Morgan fingerprint density at radius 2 is 0.974 bits per heavy atom. The number of esters is 2. The van der Waals surface area contributed by atoms with Crippen LogP contribution in [0.4, 0.5) is 0 Å². The van der Waals surface area contributed by atoms with Gasteiger partial charge in [0.15, 0.2) is 6.10 Å². The number of carbonyl (C=O) groups excluding carboxylic acids is 2. The van der Waals surface area contributed by atoms with E-state index in [4.69, 9.17) is 9.47 Å². The molecule has 0 aliphatic heterocycles. The Labute approximate surface area is 241 Å². The predicted octanol–water partition coefficient (Wildman–Crippen LogP) is 9.78.